The lowest BCUT2D eigenvalue weighted by atomic mass is 10.0. The number of amides is 2. The summed E-state index contributed by atoms with van der Waals surface area (Å²) >= 11 is 0. The van der Waals surface area contributed by atoms with Crippen molar-refractivity contribution in [1.29, 1.82) is 0 Å². The molecule has 2 amide bonds. The van der Waals surface area contributed by atoms with Gasteiger partial charge in [0, 0.05) is 17.7 Å². The van der Waals surface area contributed by atoms with Crippen molar-refractivity contribution in [1.82, 2.24) is 5.32 Å². The molecule has 1 saturated carbocycles. The second-order valence-corrected chi connectivity index (χ2v) is 8.30. The number of halogens is 1. The first-order valence-electron chi connectivity index (χ1n) is 11.1. The van der Waals surface area contributed by atoms with Crippen molar-refractivity contribution in [2.24, 2.45) is 22.2 Å². The number of primary amides is 1. The molecule has 34 heavy (non-hydrogen) atoms. The van der Waals surface area contributed by atoms with Crippen LogP contribution >= 0.6 is 0 Å². The number of nitrogens with zero attached hydrogens (tertiary/aromatic N) is 1. The molecule has 2 aromatic carbocycles. The van der Waals surface area contributed by atoms with E-state index in [-0.39, 0.29) is 40.8 Å². The van der Waals surface area contributed by atoms with Gasteiger partial charge in [-0.15, -0.1) is 0 Å². The predicted octanol–water partition coefficient (Wildman–Crippen LogP) is 2.53. The third kappa shape index (κ3) is 5.72. The van der Waals surface area contributed by atoms with E-state index in [0.29, 0.717) is 11.3 Å². The van der Waals surface area contributed by atoms with Gasteiger partial charge in [-0.2, -0.15) is 0 Å². The molecule has 8 nitrogen and oxygen atoms in total. The van der Waals surface area contributed by atoms with Crippen molar-refractivity contribution in [3.05, 3.63) is 70.0 Å². The van der Waals surface area contributed by atoms with Crippen molar-refractivity contribution in [2.75, 3.05) is 7.11 Å². The van der Waals surface area contributed by atoms with Crippen LogP contribution < -0.4 is 27.3 Å². The second-order valence-electron chi connectivity index (χ2n) is 8.30. The topological polar surface area (TPSA) is 146 Å². The van der Waals surface area contributed by atoms with Crippen molar-refractivity contribution in [3.63, 3.8) is 0 Å². The van der Waals surface area contributed by atoms with E-state index in [9.17, 15) is 14.0 Å². The summed E-state index contributed by atoms with van der Waals surface area (Å²) in [5, 5.41) is 2.69. The number of carbonyl (C=O) groups is 2. The summed E-state index contributed by atoms with van der Waals surface area (Å²) in [7, 11) is 1.48. The number of rotatable bonds is 8. The number of aryl methyl sites for hydroxylation is 1. The number of hydrogen-bond donors (Lipinski definition) is 4. The van der Waals surface area contributed by atoms with E-state index in [1.165, 1.54) is 19.2 Å². The average Bonchev–Trinajstić information content (AvgIpc) is 3.30. The molecular formula is C25H30FN5O3. The Kier molecular flexibility index (Phi) is 7.88. The van der Waals surface area contributed by atoms with Gasteiger partial charge in [-0.1, -0.05) is 36.6 Å². The molecule has 0 bridgehead atoms. The fourth-order valence-electron chi connectivity index (χ4n) is 3.96. The molecule has 7 N–H and O–H groups in total. The Morgan fingerprint density at radius 2 is 1.82 bits per heavy atom. The van der Waals surface area contributed by atoms with Gasteiger partial charge in [0.05, 0.1) is 24.4 Å². The molecule has 3 rings (SSSR count). The van der Waals surface area contributed by atoms with Gasteiger partial charge in [0.15, 0.2) is 0 Å². The van der Waals surface area contributed by atoms with Crippen LogP contribution in [0.25, 0.3) is 5.70 Å². The highest BCUT2D eigenvalue weighted by molar-refractivity contribution is 6.24. The van der Waals surface area contributed by atoms with E-state index < -0.39 is 17.6 Å². The third-order valence-electron chi connectivity index (χ3n) is 5.82. The summed E-state index contributed by atoms with van der Waals surface area (Å²) in [6.45, 7) is 1.80. The fraction of sp³-hybridized carbons (Fsp3) is 0.320. The normalized spacial score (nSPS) is 15.1. The van der Waals surface area contributed by atoms with E-state index in [1.54, 1.807) is 18.2 Å². The van der Waals surface area contributed by atoms with Gasteiger partial charge >= 0.3 is 0 Å². The minimum absolute atomic E-state index is 0.0249. The number of nitrogens with one attached hydrogen (secondary N) is 1. The van der Waals surface area contributed by atoms with Crippen LogP contribution in [-0.4, -0.2) is 30.8 Å². The van der Waals surface area contributed by atoms with Gasteiger partial charge < -0.3 is 27.3 Å². The molecule has 1 aliphatic carbocycles. The molecule has 0 atom stereocenters. The molecule has 1 fully saturated rings. The highest BCUT2D eigenvalue weighted by Crippen LogP contribution is 2.23. The zero-order valence-corrected chi connectivity index (χ0v) is 19.4. The molecule has 0 heterocycles. The average molecular weight is 468 g/mol. The molecule has 0 radical (unpaired) electrons. The van der Waals surface area contributed by atoms with E-state index in [0.717, 1.165) is 31.2 Å². The Labute approximate surface area is 198 Å². The first kappa shape index (κ1) is 24.8. The quantitative estimate of drug-likeness (QED) is 0.268. The number of nitrogens with two attached hydrogens (primary N) is 3. The van der Waals surface area contributed by atoms with Crippen LogP contribution in [0.4, 0.5) is 4.39 Å². The van der Waals surface area contributed by atoms with Gasteiger partial charge in [-0.3, -0.25) is 14.6 Å². The van der Waals surface area contributed by atoms with Gasteiger partial charge in [0.1, 0.15) is 23.0 Å². The lowest BCUT2D eigenvalue weighted by Gasteiger charge is -2.13. The number of amidine groups is 1. The van der Waals surface area contributed by atoms with Gasteiger partial charge in [0.25, 0.3) is 11.8 Å². The Morgan fingerprint density at radius 1 is 1.12 bits per heavy atom. The predicted molar refractivity (Wildman–Crippen MR) is 129 cm³/mol. The van der Waals surface area contributed by atoms with E-state index >= 15 is 0 Å². The lowest BCUT2D eigenvalue weighted by Crippen LogP contribution is -2.30. The minimum atomic E-state index is -0.833. The molecule has 9 heteroatoms. The molecule has 2 aromatic rings. The van der Waals surface area contributed by atoms with Crippen molar-refractivity contribution in [3.8, 4) is 5.75 Å². The molecule has 1 aliphatic rings. The van der Waals surface area contributed by atoms with E-state index in [4.69, 9.17) is 21.9 Å². The number of ether oxygens (including phenoxy) is 1. The maximum atomic E-state index is 14.8. The van der Waals surface area contributed by atoms with Crippen molar-refractivity contribution >= 4 is 23.3 Å². The van der Waals surface area contributed by atoms with Gasteiger partial charge in [-0.25, -0.2) is 4.39 Å². The molecule has 0 saturated heterocycles. The summed E-state index contributed by atoms with van der Waals surface area (Å²) in [5.74, 6) is -1.45. The molecule has 0 aliphatic heterocycles. The van der Waals surface area contributed by atoms with Gasteiger partial charge in [-0.05, 0) is 38.0 Å². The Bertz CT molecular complexity index is 1150. The minimum Gasteiger partial charge on any atom is -0.496 e. The Balaban J connectivity index is 1.80. The Hall–Kier alpha value is -3.88. The number of methoxy groups -OCH3 is 1. The smallest absolute Gasteiger partial charge is 0.255 e. The molecule has 0 aromatic heterocycles. The number of carbonyl (C=O) groups excluding carboxylic acids is 2. The van der Waals surface area contributed by atoms with Crippen LogP contribution in [-0.2, 0) is 11.3 Å². The van der Waals surface area contributed by atoms with Crippen LogP contribution in [0, 0.1) is 12.7 Å². The highest BCUT2D eigenvalue weighted by atomic mass is 19.1. The second kappa shape index (κ2) is 10.8. The summed E-state index contributed by atoms with van der Waals surface area (Å²) in [6, 6.07) is 9.45. The SMILES string of the molecule is COc1ccc(C)cc1C(=O)NCc1ccc(C(N)=C(C(N)=O)C(N)=NC2CCCC2)cc1F. The van der Waals surface area contributed by atoms with Crippen molar-refractivity contribution in [2.45, 2.75) is 45.2 Å². The zero-order chi connectivity index (χ0) is 24.8. The number of benzene rings is 2. The molecule has 0 spiro atoms. The first-order valence-corrected chi connectivity index (χ1v) is 11.1. The summed E-state index contributed by atoms with van der Waals surface area (Å²) in [5.41, 5.74) is 19.2. The fourth-order valence-corrected chi connectivity index (χ4v) is 3.96. The standard InChI is InChI=1S/C25H30FN5O3/c1-14-7-10-20(34-2)18(11-14)25(33)30-13-16-9-8-15(12-19(16)26)22(27)21(24(29)32)23(28)31-17-5-3-4-6-17/h7-12,17H,3-6,13,27H2,1-2H3,(H2,28,31)(H2,29,32)(H,30,33). The van der Waals surface area contributed by atoms with Crippen LogP contribution in [0.3, 0.4) is 0 Å². The highest BCUT2D eigenvalue weighted by Gasteiger charge is 2.21. The third-order valence-corrected chi connectivity index (χ3v) is 5.82. The van der Waals surface area contributed by atoms with E-state index in [1.807, 2.05) is 13.0 Å². The molecular weight excluding hydrogens is 437 g/mol. The summed E-state index contributed by atoms with van der Waals surface area (Å²) in [6.07, 6.45) is 3.87. The Morgan fingerprint density at radius 3 is 2.44 bits per heavy atom. The maximum Gasteiger partial charge on any atom is 0.255 e. The summed E-state index contributed by atoms with van der Waals surface area (Å²) in [4.78, 5) is 29.0. The number of aliphatic imine (C=N–C) groups is 1. The van der Waals surface area contributed by atoms with Gasteiger partial charge in [0.2, 0.25) is 0 Å². The number of hydrogen-bond acceptors (Lipinski definition) is 5. The lowest BCUT2D eigenvalue weighted by molar-refractivity contribution is -0.114. The van der Waals surface area contributed by atoms with Crippen LogP contribution in [0.15, 0.2) is 47.0 Å². The monoisotopic (exact) mass is 467 g/mol. The maximum absolute atomic E-state index is 14.8. The van der Waals surface area contributed by atoms with Crippen molar-refractivity contribution < 1.29 is 18.7 Å². The van der Waals surface area contributed by atoms with Crippen LogP contribution in [0.5, 0.6) is 5.75 Å². The largest absolute Gasteiger partial charge is 0.496 e. The van der Waals surface area contributed by atoms with Crippen LogP contribution in [0.1, 0.15) is 52.7 Å². The summed E-state index contributed by atoms with van der Waals surface area (Å²) < 4.78 is 20.1. The molecule has 0 unspecified atom stereocenters. The van der Waals surface area contributed by atoms with Crippen LogP contribution in [0.2, 0.25) is 0 Å². The zero-order valence-electron chi connectivity index (χ0n) is 19.4. The molecule has 180 valence electrons. The first-order chi connectivity index (χ1) is 16.2. The van der Waals surface area contributed by atoms with E-state index in [2.05, 4.69) is 10.3 Å².